The maximum atomic E-state index is 13.7. The van der Waals surface area contributed by atoms with Crippen LogP contribution in [0, 0.1) is 5.82 Å². The summed E-state index contributed by atoms with van der Waals surface area (Å²) in [5, 5.41) is 13.5. The van der Waals surface area contributed by atoms with E-state index in [2.05, 4.69) is 24.4 Å². The molecule has 30 heavy (non-hydrogen) atoms. The molecule has 0 radical (unpaired) electrons. The van der Waals surface area contributed by atoms with E-state index in [-0.39, 0.29) is 24.3 Å². The fraction of sp³-hybridized carbons (Fsp3) is 0.280. The third kappa shape index (κ3) is 7.45. The van der Waals surface area contributed by atoms with E-state index in [0.29, 0.717) is 18.7 Å². The van der Waals surface area contributed by atoms with Gasteiger partial charge < -0.3 is 15.2 Å². The van der Waals surface area contributed by atoms with Crippen LogP contribution in [0.3, 0.4) is 0 Å². The van der Waals surface area contributed by atoms with Gasteiger partial charge in [-0.2, -0.15) is 0 Å². The number of aryl methyl sites for hydroxylation is 1. The van der Waals surface area contributed by atoms with Crippen LogP contribution in [0.5, 0.6) is 5.75 Å². The highest BCUT2D eigenvalue weighted by Gasteiger charge is 2.13. The molecule has 0 fully saturated rings. The molecule has 2 atom stereocenters. The van der Waals surface area contributed by atoms with Crippen molar-refractivity contribution in [3.8, 4) is 5.75 Å². The molecule has 0 bridgehead atoms. The Balaban J connectivity index is 0.00000320. The Hall–Kier alpha value is -2.40. The molecule has 160 valence electrons. The lowest BCUT2D eigenvalue weighted by molar-refractivity contribution is 0.165. The van der Waals surface area contributed by atoms with Crippen LogP contribution in [-0.2, 0) is 13.0 Å². The monoisotopic (exact) mass is 429 g/mol. The highest BCUT2D eigenvalue weighted by Crippen LogP contribution is 2.17. The van der Waals surface area contributed by atoms with Gasteiger partial charge in [0.25, 0.3) is 0 Å². The molecule has 0 amide bonds. The third-order valence-corrected chi connectivity index (χ3v) is 4.96. The Labute approximate surface area is 184 Å². The fourth-order valence-electron chi connectivity index (χ4n) is 3.15. The van der Waals surface area contributed by atoms with Crippen LogP contribution in [0.4, 0.5) is 4.39 Å². The summed E-state index contributed by atoms with van der Waals surface area (Å²) in [7, 11) is 0. The number of aliphatic hydroxyl groups is 1. The Morgan fingerprint density at radius 3 is 2.27 bits per heavy atom. The van der Waals surface area contributed by atoms with Crippen LogP contribution in [0.15, 0.2) is 78.9 Å². The summed E-state index contributed by atoms with van der Waals surface area (Å²) < 4.78 is 19.5. The van der Waals surface area contributed by atoms with Crippen LogP contribution in [-0.4, -0.2) is 17.7 Å². The molecule has 2 N–H and O–H groups in total. The molecule has 3 rings (SSSR count). The van der Waals surface area contributed by atoms with Crippen molar-refractivity contribution >= 4 is 12.4 Å². The van der Waals surface area contributed by atoms with E-state index in [1.165, 1.54) is 11.6 Å². The molecule has 0 unspecified atom stereocenters. The minimum atomic E-state index is -0.848. The van der Waals surface area contributed by atoms with Crippen LogP contribution < -0.4 is 10.1 Å². The van der Waals surface area contributed by atoms with Crippen molar-refractivity contribution in [2.75, 3.05) is 6.54 Å². The number of ether oxygens (including phenoxy) is 1. The SMILES string of the molecule is C[C@H](CCc1ccc(OCc2ccccc2)cc1)NC[C@H](O)c1ccccc1F.Cl. The molecule has 0 aromatic heterocycles. The standard InChI is InChI=1S/C25H28FNO2.ClH/c1-19(27-17-25(28)23-9-5-6-10-24(23)26)11-12-20-13-15-22(16-14-20)29-18-21-7-3-2-4-8-21;/h2-10,13-16,19,25,27-28H,11-12,17-18H2,1H3;1H/t19-,25+;/m1./s1. The average Bonchev–Trinajstić information content (AvgIpc) is 2.76. The van der Waals surface area contributed by atoms with Crippen molar-refractivity contribution in [2.24, 2.45) is 0 Å². The lowest BCUT2D eigenvalue weighted by atomic mass is 10.0. The number of hydrogen-bond acceptors (Lipinski definition) is 3. The quantitative estimate of drug-likeness (QED) is 0.449. The fourth-order valence-corrected chi connectivity index (χ4v) is 3.15. The summed E-state index contributed by atoms with van der Waals surface area (Å²) in [5.41, 5.74) is 2.72. The van der Waals surface area contributed by atoms with E-state index in [4.69, 9.17) is 4.74 Å². The number of rotatable bonds is 10. The van der Waals surface area contributed by atoms with Gasteiger partial charge in [0.15, 0.2) is 0 Å². The van der Waals surface area contributed by atoms with Gasteiger partial charge >= 0.3 is 0 Å². The Kier molecular flexibility index (Phi) is 9.81. The average molecular weight is 430 g/mol. The lowest BCUT2D eigenvalue weighted by Crippen LogP contribution is -2.31. The van der Waals surface area contributed by atoms with Crippen LogP contribution in [0.25, 0.3) is 0 Å². The molecular weight excluding hydrogens is 401 g/mol. The van der Waals surface area contributed by atoms with Gasteiger partial charge in [0.1, 0.15) is 18.2 Å². The number of halogens is 2. The molecule has 3 nitrogen and oxygen atoms in total. The summed E-state index contributed by atoms with van der Waals surface area (Å²) in [6.45, 7) is 2.96. The summed E-state index contributed by atoms with van der Waals surface area (Å²) in [4.78, 5) is 0. The van der Waals surface area contributed by atoms with E-state index in [1.54, 1.807) is 18.2 Å². The van der Waals surface area contributed by atoms with Crippen molar-refractivity contribution in [3.63, 3.8) is 0 Å². The highest BCUT2D eigenvalue weighted by molar-refractivity contribution is 5.85. The molecule has 0 aliphatic carbocycles. The van der Waals surface area contributed by atoms with E-state index >= 15 is 0 Å². The summed E-state index contributed by atoms with van der Waals surface area (Å²) in [6.07, 6.45) is 0.997. The van der Waals surface area contributed by atoms with Crippen molar-refractivity contribution in [1.29, 1.82) is 0 Å². The van der Waals surface area contributed by atoms with Gasteiger partial charge in [-0.1, -0.05) is 60.7 Å². The van der Waals surface area contributed by atoms with Crippen LogP contribution in [0.2, 0.25) is 0 Å². The zero-order chi connectivity index (χ0) is 20.5. The van der Waals surface area contributed by atoms with Gasteiger partial charge in [-0.05, 0) is 49.1 Å². The molecule has 0 saturated carbocycles. The van der Waals surface area contributed by atoms with Crippen LogP contribution in [0.1, 0.15) is 36.1 Å². The Bertz CT molecular complexity index is 874. The smallest absolute Gasteiger partial charge is 0.129 e. The first-order valence-electron chi connectivity index (χ1n) is 10.0. The van der Waals surface area contributed by atoms with Gasteiger partial charge in [0.05, 0.1) is 6.10 Å². The number of benzene rings is 3. The second-order valence-corrected chi connectivity index (χ2v) is 7.30. The molecule has 0 spiro atoms. The first-order chi connectivity index (χ1) is 14.1. The molecule has 5 heteroatoms. The third-order valence-electron chi connectivity index (χ3n) is 4.96. The zero-order valence-electron chi connectivity index (χ0n) is 17.1. The van der Waals surface area contributed by atoms with Gasteiger partial charge in [0, 0.05) is 18.2 Å². The van der Waals surface area contributed by atoms with Crippen molar-refractivity contribution in [1.82, 2.24) is 5.32 Å². The first-order valence-corrected chi connectivity index (χ1v) is 10.0. The zero-order valence-corrected chi connectivity index (χ0v) is 17.9. The van der Waals surface area contributed by atoms with Crippen molar-refractivity contribution in [2.45, 2.75) is 38.5 Å². The topological polar surface area (TPSA) is 41.5 Å². The Morgan fingerprint density at radius 1 is 0.900 bits per heavy atom. The molecular formula is C25H29ClFNO2. The van der Waals surface area contributed by atoms with Gasteiger partial charge in [-0.3, -0.25) is 0 Å². The molecule has 0 heterocycles. The number of hydrogen-bond donors (Lipinski definition) is 2. The molecule has 0 aliphatic heterocycles. The minimum absolute atomic E-state index is 0. The van der Waals surface area contributed by atoms with Gasteiger partial charge in [-0.15, -0.1) is 12.4 Å². The second-order valence-electron chi connectivity index (χ2n) is 7.30. The predicted molar refractivity (Wildman–Crippen MR) is 122 cm³/mol. The highest BCUT2D eigenvalue weighted by atomic mass is 35.5. The summed E-state index contributed by atoms with van der Waals surface area (Å²) >= 11 is 0. The number of aliphatic hydroxyl groups excluding tert-OH is 1. The van der Waals surface area contributed by atoms with Crippen molar-refractivity contribution < 1.29 is 14.2 Å². The number of nitrogens with one attached hydrogen (secondary N) is 1. The van der Waals surface area contributed by atoms with E-state index in [9.17, 15) is 9.50 Å². The van der Waals surface area contributed by atoms with E-state index < -0.39 is 6.10 Å². The van der Waals surface area contributed by atoms with E-state index in [0.717, 1.165) is 24.2 Å². The Morgan fingerprint density at radius 2 is 1.57 bits per heavy atom. The van der Waals surface area contributed by atoms with E-state index in [1.807, 2.05) is 42.5 Å². The summed E-state index contributed by atoms with van der Waals surface area (Å²) in [5.74, 6) is 0.487. The predicted octanol–water partition coefficient (Wildman–Crippen LogP) is 5.47. The lowest BCUT2D eigenvalue weighted by Gasteiger charge is -2.18. The largest absolute Gasteiger partial charge is 0.489 e. The second kappa shape index (κ2) is 12.3. The van der Waals surface area contributed by atoms with Crippen molar-refractivity contribution in [3.05, 3.63) is 101 Å². The molecule has 0 saturated heterocycles. The minimum Gasteiger partial charge on any atom is -0.489 e. The maximum Gasteiger partial charge on any atom is 0.129 e. The summed E-state index contributed by atoms with van der Waals surface area (Å²) in [6, 6.07) is 24.8. The van der Waals surface area contributed by atoms with Crippen LogP contribution >= 0.6 is 12.4 Å². The first kappa shape index (κ1) is 23.9. The molecule has 3 aromatic carbocycles. The molecule has 3 aromatic rings. The molecule has 0 aliphatic rings. The van der Waals surface area contributed by atoms with Gasteiger partial charge in [-0.25, -0.2) is 4.39 Å². The maximum absolute atomic E-state index is 13.7. The van der Waals surface area contributed by atoms with Gasteiger partial charge in [0.2, 0.25) is 0 Å². The normalized spacial score (nSPS) is 12.6.